The van der Waals surface area contributed by atoms with E-state index >= 15 is 0 Å². The van der Waals surface area contributed by atoms with Crippen LogP contribution in [0.1, 0.15) is 49.9 Å². The van der Waals surface area contributed by atoms with Crippen molar-refractivity contribution in [2.24, 2.45) is 5.92 Å². The van der Waals surface area contributed by atoms with Crippen molar-refractivity contribution in [1.82, 2.24) is 25.0 Å². The number of hydrogen-bond acceptors (Lipinski definition) is 9. The van der Waals surface area contributed by atoms with Crippen molar-refractivity contribution in [3.63, 3.8) is 0 Å². The van der Waals surface area contributed by atoms with E-state index in [1.807, 2.05) is 50.4 Å². The summed E-state index contributed by atoms with van der Waals surface area (Å²) in [7, 11) is 9.31. The molecule has 0 radical (unpaired) electrons. The Bertz CT molecular complexity index is 1630. The lowest BCUT2D eigenvalue weighted by atomic mass is 9.96. The molecule has 3 aromatic rings. The maximum Gasteiger partial charge on any atom is 0.250 e. The summed E-state index contributed by atoms with van der Waals surface area (Å²) in [6, 6.07) is 11.3. The number of benzene rings is 2. The zero-order valence-corrected chi connectivity index (χ0v) is 32.0. The van der Waals surface area contributed by atoms with Gasteiger partial charge in [-0.1, -0.05) is 38.1 Å². The molecule has 51 heavy (non-hydrogen) atoms. The van der Waals surface area contributed by atoms with E-state index in [9.17, 15) is 19.2 Å². The lowest BCUT2D eigenvalue weighted by Crippen LogP contribution is -2.59. The van der Waals surface area contributed by atoms with Crippen LogP contribution in [-0.2, 0) is 36.8 Å². The third kappa shape index (κ3) is 10.8. The van der Waals surface area contributed by atoms with E-state index in [-0.39, 0.29) is 30.7 Å². The van der Waals surface area contributed by atoms with Crippen molar-refractivity contribution in [2.45, 2.75) is 64.7 Å². The van der Waals surface area contributed by atoms with Crippen molar-refractivity contribution >= 4 is 35.0 Å². The molecule has 1 aromatic heterocycles. The summed E-state index contributed by atoms with van der Waals surface area (Å²) in [6.45, 7) is 7.19. The van der Waals surface area contributed by atoms with Gasteiger partial charge in [0.2, 0.25) is 23.6 Å². The largest absolute Gasteiger partial charge is 0.501 e. The molecule has 0 saturated carbocycles. The van der Waals surface area contributed by atoms with Crippen LogP contribution in [0, 0.1) is 5.92 Å². The molecule has 4 atom stereocenters. The number of carbonyl (C=O) groups excluding carboxylic acids is 4. The maximum atomic E-state index is 14.5. The number of likely N-dealkylation sites (N-methyl/N-ethyl adjacent to an activating group) is 3. The lowest BCUT2D eigenvalue weighted by molar-refractivity contribution is -0.152. The van der Waals surface area contributed by atoms with Crippen molar-refractivity contribution < 1.29 is 33.4 Å². The summed E-state index contributed by atoms with van der Waals surface area (Å²) in [5, 5.41) is 5.60. The molecular weight excluding hydrogens is 671 g/mol. The van der Waals surface area contributed by atoms with Crippen LogP contribution in [0.25, 0.3) is 0 Å². The minimum Gasteiger partial charge on any atom is -0.501 e. The van der Waals surface area contributed by atoms with Crippen molar-refractivity contribution in [3.05, 3.63) is 88.1 Å². The second-order valence-electron chi connectivity index (χ2n) is 12.7. The Hall–Kier alpha value is -4.91. The normalized spacial score (nSPS) is 13.7. The highest BCUT2D eigenvalue weighted by Gasteiger charge is 2.40. The number of hydrogen-bond donors (Lipinski definition) is 1. The highest BCUT2D eigenvalue weighted by Crippen LogP contribution is 2.23. The Morgan fingerprint density at radius 3 is 1.76 bits per heavy atom. The number of ether oxygens (including phenoxy) is 3. The number of aromatic nitrogens is 1. The Kier molecular flexibility index (Phi) is 15.0. The maximum absolute atomic E-state index is 14.5. The van der Waals surface area contributed by atoms with E-state index in [0.717, 1.165) is 16.1 Å². The number of carbonyl (C=O) groups is 4. The van der Waals surface area contributed by atoms with Gasteiger partial charge in [-0.3, -0.25) is 19.2 Å². The highest BCUT2D eigenvalue weighted by molar-refractivity contribution is 7.09. The van der Waals surface area contributed by atoms with Crippen LogP contribution >= 0.6 is 11.3 Å². The van der Waals surface area contributed by atoms with Crippen molar-refractivity contribution in [2.75, 3.05) is 42.5 Å². The fraction of sp³-hybridized carbons (Fsp3) is 0.447. The van der Waals surface area contributed by atoms with Crippen LogP contribution < -0.4 is 14.8 Å². The first-order chi connectivity index (χ1) is 24.2. The van der Waals surface area contributed by atoms with E-state index in [0.29, 0.717) is 17.3 Å². The van der Waals surface area contributed by atoms with Gasteiger partial charge in [-0.15, -0.1) is 11.3 Å². The summed E-state index contributed by atoms with van der Waals surface area (Å²) in [5.41, 5.74) is 1.62. The molecule has 0 aliphatic carbocycles. The van der Waals surface area contributed by atoms with Gasteiger partial charge in [-0.25, -0.2) is 4.98 Å². The Labute approximate surface area is 305 Å². The summed E-state index contributed by atoms with van der Waals surface area (Å²) < 4.78 is 15.8. The smallest absolute Gasteiger partial charge is 0.250 e. The molecule has 12 nitrogen and oxygen atoms in total. The molecular formula is C38H51N5O7S. The molecule has 1 heterocycles. The molecule has 4 amide bonds. The van der Waals surface area contributed by atoms with Gasteiger partial charge in [-0.2, -0.15) is 0 Å². The number of amides is 4. The molecule has 2 aromatic carbocycles. The van der Waals surface area contributed by atoms with Gasteiger partial charge in [0.15, 0.2) is 0 Å². The van der Waals surface area contributed by atoms with E-state index in [1.165, 1.54) is 39.2 Å². The molecule has 1 N–H and O–H groups in total. The third-order valence-electron chi connectivity index (χ3n) is 8.87. The van der Waals surface area contributed by atoms with Gasteiger partial charge >= 0.3 is 0 Å². The van der Waals surface area contributed by atoms with Gasteiger partial charge in [0.25, 0.3) is 0 Å². The zero-order valence-electron chi connectivity index (χ0n) is 31.2. The van der Waals surface area contributed by atoms with Gasteiger partial charge in [0.05, 0.1) is 33.1 Å². The number of nitrogens with one attached hydrogen (secondary N) is 1. The third-order valence-corrected chi connectivity index (χ3v) is 9.83. The first-order valence-corrected chi connectivity index (χ1v) is 17.6. The topological polar surface area (TPSA) is 131 Å². The highest BCUT2D eigenvalue weighted by atomic mass is 32.1. The summed E-state index contributed by atoms with van der Waals surface area (Å²) >= 11 is 1.43. The molecule has 276 valence electrons. The second-order valence-corrected chi connectivity index (χ2v) is 13.7. The molecule has 13 heteroatoms. The van der Waals surface area contributed by atoms with Crippen molar-refractivity contribution in [3.8, 4) is 11.5 Å². The Morgan fingerprint density at radius 2 is 1.31 bits per heavy atom. The fourth-order valence-corrected chi connectivity index (χ4v) is 6.35. The predicted molar refractivity (Wildman–Crippen MR) is 197 cm³/mol. The zero-order chi connectivity index (χ0) is 37.8. The number of thiazole rings is 1. The molecule has 0 saturated heterocycles. The van der Waals surface area contributed by atoms with E-state index in [1.54, 1.807) is 72.7 Å². The van der Waals surface area contributed by atoms with Gasteiger partial charge < -0.3 is 34.2 Å². The SMILES string of the molecule is COC(C)=CC(=O)N(C)C(Cc1ccc(OC)cc1)C(=O)N(C)C(C(=O)N(C)C(Cc1ccc(OC)cc1)C(=O)NC(C)c1nccs1)C(C)C. The number of allylic oxidation sites excluding steroid dienone is 1. The molecule has 0 bridgehead atoms. The van der Waals surface area contributed by atoms with Gasteiger partial charge in [0.1, 0.15) is 34.6 Å². The predicted octanol–water partition coefficient (Wildman–Crippen LogP) is 4.51. The standard InChI is InChI=1S/C38H51N5O7S/c1-24(2)34(43(7)37(46)32(41(5)33(44)21-25(3)48-8)23-28-13-17-30(50-10)18-14-28)38(47)42(6)31(22-27-11-15-29(49-9)16-12-27)35(45)40-26(4)36-39-19-20-51-36/h11-21,24,26,31-32,34H,22-23H2,1-10H3,(H,40,45). The molecule has 4 unspecified atom stereocenters. The molecule has 3 rings (SSSR count). The summed E-state index contributed by atoms with van der Waals surface area (Å²) in [4.78, 5) is 64.8. The molecule has 0 fully saturated rings. The van der Waals surface area contributed by atoms with E-state index in [2.05, 4.69) is 10.3 Å². The summed E-state index contributed by atoms with van der Waals surface area (Å²) in [5.74, 6) is -0.257. The number of nitrogens with zero attached hydrogens (tertiary/aromatic N) is 4. The van der Waals surface area contributed by atoms with Crippen LogP contribution in [0.3, 0.4) is 0 Å². The first-order valence-electron chi connectivity index (χ1n) is 16.7. The lowest BCUT2D eigenvalue weighted by Gasteiger charge is -2.39. The minimum atomic E-state index is -0.964. The van der Waals surface area contributed by atoms with Gasteiger partial charge in [0, 0.05) is 51.6 Å². The molecule has 0 aliphatic heterocycles. The first kappa shape index (κ1) is 40.5. The van der Waals surface area contributed by atoms with Crippen LogP contribution in [0.15, 0.2) is 71.9 Å². The average molecular weight is 722 g/mol. The molecule has 0 spiro atoms. The second kappa shape index (κ2) is 18.9. The average Bonchev–Trinajstić information content (AvgIpc) is 3.68. The number of rotatable bonds is 17. The van der Waals surface area contributed by atoms with Crippen molar-refractivity contribution in [1.29, 1.82) is 0 Å². The van der Waals surface area contributed by atoms with E-state index in [4.69, 9.17) is 14.2 Å². The minimum absolute atomic E-state index is 0.182. The monoisotopic (exact) mass is 721 g/mol. The summed E-state index contributed by atoms with van der Waals surface area (Å²) in [6.07, 6.45) is 3.40. The fourth-order valence-electron chi connectivity index (χ4n) is 5.71. The Morgan fingerprint density at radius 1 is 0.784 bits per heavy atom. The van der Waals surface area contributed by atoms with Crippen LogP contribution in [0.4, 0.5) is 0 Å². The quantitative estimate of drug-likeness (QED) is 0.159. The van der Waals surface area contributed by atoms with Crippen LogP contribution in [-0.4, -0.2) is 104 Å². The van der Waals surface area contributed by atoms with E-state index < -0.39 is 35.8 Å². The Balaban J connectivity index is 1.97. The number of methoxy groups -OCH3 is 3. The van der Waals surface area contributed by atoms with Crippen LogP contribution in [0.5, 0.6) is 11.5 Å². The van der Waals surface area contributed by atoms with Crippen LogP contribution in [0.2, 0.25) is 0 Å². The molecule has 0 aliphatic rings. The van der Waals surface area contributed by atoms with Gasteiger partial charge in [-0.05, 0) is 55.2 Å².